The van der Waals surface area contributed by atoms with Gasteiger partial charge in [0, 0.05) is 25.2 Å². The number of carbonyl (C=O) groups excluding carboxylic acids is 1. The topological polar surface area (TPSA) is 41.6 Å². The van der Waals surface area contributed by atoms with Gasteiger partial charge in [-0.2, -0.15) is 0 Å². The van der Waals surface area contributed by atoms with Gasteiger partial charge in [0.1, 0.15) is 0 Å². The third-order valence-electron chi connectivity index (χ3n) is 4.92. The van der Waals surface area contributed by atoms with Gasteiger partial charge in [-0.3, -0.25) is 9.69 Å². The van der Waals surface area contributed by atoms with Gasteiger partial charge < -0.3 is 10.1 Å². The summed E-state index contributed by atoms with van der Waals surface area (Å²) in [4.78, 5) is 15.0. The first kappa shape index (κ1) is 18.6. The molecule has 0 saturated carbocycles. The molecule has 0 unspecified atom stereocenters. The lowest BCUT2D eigenvalue weighted by Gasteiger charge is -2.26. The molecule has 4 heteroatoms. The fourth-order valence-electron chi connectivity index (χ4n) is 3.24. The number of morpholine rings is 1. The van der Waals surface area contributed by atoms with Crippen LogP contribution < -0.4 is 5.32 Å². The monoisotopic (exact) mass is 352 g/mol. The van der Waals surface area contributed by atoms with E-state index in [4.69, 9.17) is 4.74 Å². The van der Waals surface area contributed by atoms with Gasteiger partial charge in [0.15, 0.2) is 0 Å². The predicted molar refractivity (Wildman–Crippen MR) is 104 cm³/mol. The van der Waals surface area contributed by atoms with E-state index in [-0.39, 0.29) is 11.9 Å². The van der Waals surface area contributed by atoms with Crippen LogP contribution in [-0.4, -0.2) is 37.1 Å². The zero-order valence-electron chi connectivity index (χ0n) is 15.7. The number of amides is 1. The molecule has 26 heavy (non-hydrogen) atoms. The highest BCUT2D eigenvalue weighted by Gasteiger charge is 2.15. The van der Waals surface area contributed by atoms with Crippen LogP contribution in [0.25, 0.3) is 0 Å². The molecule has 138 valence electrons. The van der Waals surface area contributed by atoms with E-state index in [1.54, 1.807) is 0 Å². The van der Waals surface area contributed by atoms with E-state index in [1.807, 2.05) is 12.1 Å². The molecular weight excluding hydrogens is 324 g/mol. The number of nitrogens with one attached hydrogen (secondary N) is 1. The molecule has 1 aliphatic rings. The number of aryl methyl sites for hydroxylation is 1. The van der Waals surface area contributed by atoms with Gasteiger partial charge in [-0.15, -0.1) is 0 Å². The Hall–Kier alpha value is -2.17. The smallest absolute Gasteiger partial charge is 0.251 e. The number of nitrogens with zero attached hydrogens (tertiary/aromatic N) is 1. The van der Waals surface area contributed by atoms with Crippen LogP contribution in [-0.2, 0) is 11.3 Å². The molecule has 1 fully saturated rings. The molecule has 4 nitrogen and oxygen atoms in total. The van der Waals surface area contributed by atoms with Gasteiger partial charge in [-0.25, -0.2) is 0 Å². The largest absolute Gasteiger partial charge is 0.379 e. The minimum absolute atomic E-state index is 0.0182. The van der Waals surface area contributed by atoms with Crippen molar-refractivity contribution in [2.24, 2.45) is 0 Å². The predicted octanol–water partition coefficient (Wildman–Crippen LogP) is 3.71. The second-order valence-electron chi connectivity index (χ2n) is 6.93. The summed E-state index contributed by atoms with van der Waals surface area (Å²) in [6.07, 6.45) is 0.865. The van der Waals surface area contributed by atoms with Crippen molar-refractivity contribution in [2.75, 3.05) is 26.3 Å². The van der Waals surface area contributed by atoms with E-state index in [2.05, 4.69) is 60.5 Å². The van der Waals surface area contributed by atoms with E-state index < -0.39 is 0 Å². The van der Waals surface area contributed by atoms with Gasteiger partial charge >= 0.3 is 0 Å². The number of rotatable bonds is 6. The van der Waals surface area contributed by atoms with Gasteiger partial charge in [0.2, 0.25) is 0 Å². The van der Waals surface area contributed by atoms with Gasteiger partial charge in [-0.05, 0) is 36.6 Å². The summed E-state index contributed by atoms with van der Waals surface area (Å²) in [5.41, 5.74) is 4.32. The number of benzene rings is 2. The van der Waals surface area contributed by atoms with Crippen molar-refractivity contribution in [3.63, 3.8) is 0 Å². The summed E-state index contributed by atoms with van der Waals surface area (Å²) in [7, 11) is 0. The molecule has 2 aromatic rings. The lowest BCUT2D eigenvalue weighted by atomic mass is 10.0. The zero-order chi connectivity index (χ0) is 18.4. The van der Waals surface area contributed by atoms with E-state index in [1.165, 1.54) is 11.1 Å². The first-order valence-electron chi connectivity index (χ1n) is 9.42. The lowest BCUT2D eigenvalue weighted by Crippen LogP contribution is -2.35. The van der Waals surface area contributed by atoms with Crippen LogP contribution in [0.15, 0.2) is 48.5 Å². The highest BCUT2D eigenvalue weighted by atomic mass is 16.5. The molecule has 0 spiro atoms. The number of carbonyl (C=O) groups is 1. The maximum Gasteiger partial charge on any atom is 0.251 e. The van der Waals surface area contributed by atoms with Crippen LogP contribution in [0.3, 0.4) is 0 Å². The summed E-state index contributed by atoms with van der Waals surface area (Å²) in [6.45, 7) is 8.62. The molecule has 1 heterocycles. The molecule has 0 aliphatic carbocycles. The van der Waals surface area contributed by atoms with Crippen LogP contribution >= 0.6 is 0 Å². The summed E-state index contributed by atoms with van der Waals surface area (Å²) >= 11 is 0. The fraction of sp³-hybridized carbons (Fsp3) is 0.409. The Balaban J connectivity index is 1.60. The number of hydrogen-bond acceptors (Lipinski definition) is 3. The fourth-order valence-corrected chi connectivity index (χ4v) is 3.24. The molecule has 2 aromatic carbocycles. The van der Waals surface area contributed by atoms with Gasteiger partial charge in [-0.1, -0.05) is 48.9 Å². The van der Waals surface area contributed by atoms with Crippen molar-refractivity contribution in [3.05, 3.63) is 70.8 Å². The Bertz CT molecular complexity index is 704. The van der Waals surface area contributed by atoms with Crippen LogP contribution in [0.1, 0.15) is 46.4 Å². The molecular formula is C22H28N2O2. The first-order valence-corrected chi connectivity index (χ1v) is 9.42. The van der Waals surface area contributed by atoms with Gasteiger partial charge in [0.05, 0.1) is 19.3 Å². The Labute approximate surface area is 156 Å². The van der Waals surface area contributed by atoms with Crippen molar-refractivity contribution in [3.8, 4) is 0 Å². The maximum atomic E-state index is 12.6. The van der Waals surface area contributed by atoms with Crippen LogP contribution in [0.5, 0.6) is 0 Å². The van der Waals surface area contributed by atoms with Crippen molar-refractivity contribution in [1.29, 1.82) is 0 Å². The third-order valence-corrected chi connectivity index (χ3v) is 4.92. The minimum Gasteiger partial charge on any atom is -0.379 e. The molecule has 0 bridgehead atoms. The quantitative estimate of drug-likeness (QED) is 0.862. The van der Waals surface area contributed by atoms with Crippen LogP contribution in [0.4, 0.5) is 0 Å². The van der Waals surface area contributed by atoms with Crippen molar-refractivity contribution >= 4 is 5.91 Å². The molecule has 0 aromatic heterocycles. The van der Waals surface area contributed by atoms with E-state index in [0.29, 0.717) is 5.56 Å². The molecule has 1 atom stereocenters. The van der Waals surface area contributed by atoms with Crippen LogP contribution in [0.2, 0.25) is 0 Å². The Kier molecular flexibility index (Phi) is 6.42. The standard InChI is InChI=1S/C22H28N2O2/c1-3-21(19-8-4-17(2)5-9-19)23-22(25)20-10-6-18(7-11-20)16-24-12-14-26-15-13-24/h4-11,21H,3,12-16H2,1-2H3,(H,23,25)/t21-/m0/s1. The van der Waals surface area contributed by atoms with Crippen LogP contribution in [0, 0.1) is 6.92 Å². The molecule has 1 saturated heterocycles. The average molecular weight is 352 g/mol. The number of hydrogen-bond donors (Lipinski definition) is 1. The molecule has 1 N–H and O–H groups in total. The van der Waals surface area contributed by atoms with E-state index in [0.717, 1.165) is 44.8 Å². The molecule has 1 amide bonds. The Morgan fingerprint density at radius 3 is 2.35 bits per heavy atom. The lowest BCUT2D eigenvalue weighted by molar-refractivity contribution is 0.0342. The first-order chi connectivity index (χ1) is 12.7. The van der Waals surface area contributed by atoms with Crippen molar-refractivity contribution in [2.45, 2.75) is 32.9 Å². The number of ether oxygens (including phenoxy) is 1. The summed E-state index contributed by atoms with van der Waals surface area (Å²) in [6, 6.07) is 16.4. The third kappa shape index (κ3) is 4.93. The zero-order valence-corrected chi connectivity index (χ0v) is 15.7. The Morgan fingerprint density at radius 1 is 1.08 bits per heavy atom. The summed E-state index contributed by atoms with van der Waals surface area (Å²) in [5.74, 6) is -0.0182. The van der Waals surface area contributed by atoms with Crippen molar-refractivity contribution < 1.29 is 9.53 Å². The van der Waals surface area contributed by atoms with E-state index >= 15 is 0 Å². The summed E-state index contributed by atoms with van der Waals surface area (Å²) in [5, 5.41) is 3.15. The summed E-state index contributed by atoms with van der Waals surface area (Å²) < 4.78 is 5.38. The Morgan fingerprint density at radius 2 is 1.73 bits per heavy atom. The highest BCUT2D eigenvalue weighted by Crippen LogP contribution is 2.18. The second-order valence-corrected chi connectivity index (χ2v) is 6.93. The second kappa shape index (κ2) is 8.97. The van der Waals surface area contributed by atoms with E-state index in [9.17, 15) is 4.79 Å². The highest BCUT2D eigenvalue weighted by molar-refractivity contribution is 5.94. The minimum atomic E-state index is -0.0182. The average Bonchev–Trinajstić information content (AvgIpc) is 2.68. The SMILES string of the molecule is CC[C@H](NC(=O)c1ccc(CN2CCOCC2)cc1)c1ccc(C)cc1. The maximum absolute atomic E-state index is 12.6. The molecule has 0 radical (unpaired) electrons. The van der Waals surface area contributed by atoms with Crippen molar-refractivity contribution in [1.82, 2.24) is 10.2 Å². The molecule has 3 rings (SSSR count). The normalized spacial score (nSPS) is 16.2. The van der Waals surface area contributed by atoms with Gasteiger partial charge in [0.25, 0.3) is 5.91 Å². The molecule has 1 aliphatic heterocycles.